The van der Waals surface area contributed by atoms with Gasteiger partial charge in [0.25, 0.3) is 0 Å². The van der Waals surface area contributed by atoms with Crippen LogP contribution in [0.4, 0.5) is 0 Å². The Morgan fingerprint density at radius 2 is 2.17 bits per heavy atom. The molecule has 1 aliphatic rings. The summed E-state index contributed by atoms with van der Waals surface area (Å²) in [5.74, 6) is 2.76. The Morgan fingerprint density at radius 1 is 1.58 bits per heavy atom. The van der Waals surface area contributed by atoms with Crippen molar-refractivity contribution in [2.24, 2.45) is 5.41 Å². The lowest BCUT2D eigenvalue weighted by atomic mass is 9.70. The minimum atomic E-state index is 0.280. The summed E-state index contributed by atoms with van der Waals surface area (Å²) in [6.07, 6.45) is 9.50. The van der Waals surface area contributed by atoms with Crippen LogP contribution in [0.2, 0.25) is 0 Å². The molecule has 0 aromatic heterocycles. The molecule has 1 heteroatoms. The molecule has 1 unspecified atom stereocenters. The van der Waals surface area contributed by atoms with Gasteiger partial charge in [-0.2, -0.15) is 0 Å². The van der Waals surface area contributed by atoms with Crippen molar-refractivity contribution in [3.63, 3.8) is 0 Å². The van der Waals surface area contributed by atoms with Gasteiger partial charge in [-0.1, -0.05) is 19.3 Å². The quantitative estimate of drug-likeness (QED) is 0.579. The van der Waals surface area contributed by atoms with E-state index in [1.54, 1.807) is 0 Å². The zero-order valence-corrected chi connectivity index (χ0v) is 8.43. The standard InChI is InChI=1S/C11H19N/c1-5-10(2)12(4)9-11(3)7-6-8-11/h1,10H,6-9H2,2-4H3. The van der Waals surface area contributed by atoms with Gasteiger partial charge in [-0.25, -0.2) is 0 Å². The first-order chi connectivity index (χ1) is 5.57. The molecule has 0 heterocycles. The third-order valence-electron chi connectivity index (χ3n) is 3.09. The molecule has 0 amide bonds. The first-order valence-electron chi connectivity index (χ1n) is 4.74. The molecule has 1 atom stereocenters. The average Bonchev–Trinajstić information content (AvgIpc) is 2.00. The molecule has 0 N–H and O–H groups in total. The van der Waals surface area contributed by atoms with Crippen molar-refractivity contribution >= 4 is 0 Å². The summed E-state index contributed by atoms with van der Waals surface area (Å²) in [7, 11) is 2.12. The number of rotatable bonds is 3. The fourth-order valence-electron chi connectivity index (χ4n) is 1.80. The largest absolute Gasteiger partial charge is 0.293 e. The summed E-state index contributed by atoms with van der Waals surface area (Å²) in [5, 5.41) is 0. The summed E-state index contributed by atoms with van der Waals surface area (Å²) < 4.78 is 0. The normalized spacial score (nSPS) is 22.9. The summed E-state index contributed by atoms with van der Waals surface area (Å²) >= 11 is 0. The van der Waals surface area contributed by atoms with Gasteiger partial charge in [-0.3, -0.25) is 4.90 Å². The predicted molar refractivity (Wildman–Crippen MR) is 52.9 cm³/mol. The molecule has 1 aliphatic carbocycles. The van der Waals surface area contributed by atoms with E-state index in [-0.39, 0.29) is 6.04 Å². The van der Waals surface area contributed by atoms with Crippen molar-refractivity contribution in [2.75, 3.05) is 13.6 Å². The Morgan fingerprint density at radius 3 is 2.50 bits per heavy atom. The first kappa shape index (κ1) is 9.61. The topological polar surface area (TPSA) is 3.24 Å². The van der Waals surface area contributed by atoms with Gasteiger partial charge in [0, 0.05) is 6.54 Å². The minimum absolute atomic E-state index is 0.280. The molecule has 1 saturated carbocycles. The Kier molecular flexibility index (Phi) is 2.80. The highest BCUT2D eigenvalue weighted by atomic mass is 15.1. The van der Waals surface area contributed by atoms with E-state index in [4.69, 9.17) is 6.42 Å². The summed E-state index contributed by atoms with van der Waals surface area (Å²) in [6, 6.07) is 0.280. The Hall–Kier alpha value is -0.480. The van der Waals surface area contributed by atoms with Crippen molar-refractivity contribution in [2.45, 2.75) is 39.2 Å². The molecule has 1 rings (SSSR count). The predicted octanol–water partition coefficient (Wildman–Crippen LogP) is 2.13. The Balaban J connectivity index is 2.35. The highest BCUT2D eigenvalue weighted by Crippen LogP contribution is 2.40. The molecule has 0 saturated heterocycles. The van der Waals surface area contributed by atoms with Crippen LogP contribution in [0.1, 0.15) is 33.1 Å². The summed E-state index contributed by atoms with van der Waals surface area (Å²) in [5.41, 5.74) is 0.555. The molecule has 0 aliphatic heterocycles. The lowest BCUT2D eigenvalue weighted by Gasteiger charge is -2.42. The van der Waals surface area contributed by atoms with Gasteiger partial charge >= 0.3 is 0 Å². The van der Waals surface area contributed by atoms with Gasteiger partial charge in [0.15, 0.2) is 0 Å². The molecule has 12 heavy (non-hydrogen) atoms. The van der Waals surface area contributed by atoms with Crippen molar-refractivity contribution in [3.8, 4) is 12.3 Å². The number of terminal acetylenes is 1. The molecule has 0 spiro atoms. The van der Waals surface area contributed by atoms with Gasteiger partial charge in [0.1, 0.15) is 0 Å². The van der Waals surface area contributed by atoms with Crippen LogP contribution in [0.3, 0.4) is 0 Å². The zero-order chi connectivity index (χ0) is 9.19. The second-order valence-electron chi connectivity index (χ2n) is 4.42. The maximum Gasteiger partial charge on any atom is 0.0681 e. The van der Waals surface area contributed by atoms with E-state index in [0.717, 1.165) is 6.54 Å². The van der Waals surface area contributed by atoms with E-state index in [2.05, 4.69) is 31.7 Å². The van der Waals surface area contributed by atoms with Gasteiger partial charge in [0.2, 0.25) is 0 Å². The van der Waals surface area contributed by atoms with Crippen LogP contribution >= 0.6 is 0 Å². The molecular formula is C11H19N. The van der Waals surface area contributed by atoms with Gasteiger partial charge in [-0.05, 0) is 32.2 Å². The molecule has 0 aromatic carbocycles. The number of hydrogen-bond acceptors (Lipinski definition) is 1. The van der Waals surface area contributed by atoms with Gasteiger partial charge < -0.3 is 0 Å². The van der Waals surface area contributed by atoms with E-state index in [9.17, 15) is 0 Å². The SMILES string of the molecule is C#CC(C)N(C)CC1(C)CCC1. The van der Waals surface area contributed by atoms with Crippen LogP contribution < -0.4 is 0 Å². The second kappa shape index (κ2) is 3.49. The summed E-state index contributed by atoms with van der Waals surface area (Å²) in [6.45, 7) is 5.59. The maximum absolute atomic E-state index is 5.36. The van der Waals surface area contributed by atoms with Gasteiger partial charge in [-0.15, -0.1) is 6.42 Å². The fourth-order valence-corrected chi connectivity index (χ4v) is 1.80. The lowest BCUT2D eigenvalue weighted by Crippen LogP contribution is -2.41. The van der Waals surface area contributed by atoms with E-state index >= 15 is 0 Å². The third-order valence-corrected chi connectivity index (χ3v) is 3.09. The van der Waals surface area contributed by atoms with Crippen LogP contribution in [0.15, 0.2) is 0 Å². The van der Waals surface area contributed by atoms with E-state index < -0.39 is 0 Å². The van der Waals surface area contributed by atoms with E-state index in [0.29, 0.717) is 5.41 Å². The molecule has 1 nitrogen and oxygen atoms in total. The molecule has 68 valence electrons. The smallest absolute Gasteiger partial charge is 0.0681 e. The highest BCUT2D eigenvalue weighted by Gasteiger charge is 2.33. The lowest BCUT2D eigenvalue weighted by molar-refractivity contribution is 0.0917. The highest BCUT2D eigenvalue weighted by molar-refractivity contribution is 4.98. The zero-order valence-electron chi connectivity index (χ0n) is 8.43. The Bertz CT molecular complexity index is 186. The van der Waals surface area contributed by atoms with Crippen LogP contribution in [-0.4, -0.2) is 24.5 Å². The van der Waals surface area contributed by atoms with Crippen LogP contribution in [-0.2, 0) is 0 Å². The molecule has 0 aromatic rings. The Labute approximate surface area is 76.1 Å². The van der Waals surface area contributed by atoms with Crippen LogP contribution in [0, 0.1) is 17.8 Å². The molecular weight excluding hydrogens is 146 g/mol. The van der Waals surface area contributed by atoms with Crippen molar-refractivity contribution in [1.29, 1.82) is 0 Å². The van der Waals surface area contributed by atoms with Crippen molar-refractivity contribution in [3.05, 3.63) is 0 Å². The summed E-state index contributed by atoms with van der Waals surface area (Å²) in [4.78, 5) is 2.28. The average molecular weight is 165 g/mol. The van der Waals surface area contributed by atoms with Crippen molar-refractivity contribution in [1.82, 2.24) is 4.90 Å². The fraction of sp³-hybridized carbons (Fsp3) is 0.818. The minimum Gasteiger partial charge on any atom is -0.293 e. The van der Waals surface area contributed by atoms with E-state index in [1.165, 1.54) is 19.3 Å². The monoisotopic (exact) mass is 165 g/mol. The number of nitrogens with zero attached hydrogens (tertiary/aromatic N) is 1. The maximum atomic E-state index is 5.36. The van der Waals surface area contributed by atoms with Crippen LogP contribution in [0.5, 0.6) is 0 Å². The third kappa shape index (κ3) is 2.01. The van der Waals surface area contributed by atoms with E-state index in [1.807, 2.05) is 0 Å². The first-order valence-corrected chi connectivity index (χ1v) is 4.74. The number of hydrogen-bond donors (Lipinski definition) is 0. The molecule has 0 bridgehead atoms. The van der Waals surface area contributed by atoms with Crippen LogP contribution in [0.25, 0.3) is 0 Å². The molecule has 1 fully saturated rings. The van der Waals surface area contributed by atoms with Gasteiger partial charge in [0.05, 0.1) is 6.04 Å². The van der Waals surface area contributed by atoms with Crippen molar-refractivity contribution < 1.29 is 0 Å². The molecule has 0 radical (unpaired) electrons. The second-order valence-corrected chi connectivity index (χ2v) is 4.42.